The second-order valence-corrected chi connectivity index (χ2v) is 6.06. The van der Waals surface area contributed by atoms with Crippen molar-refractivity contribution in [2.75, 3.05) is 0 Å². The molecule has 0 unspecified atom stereocenters. The van der Waals surface area contributed by atoms with E-state index in [1.54, 1.807) is 0 Å². The molecule has 2 aromatic carbocycles. The van der Waals surface area contributed by atoms with Crippen LogP contribution in [-0.2, 0) is 5.75 Å². The van der Waals surface area contributed by atoms with E-state index in [1.807, 2.05) is 30.3 Å². The van der Waals surface area contributed by atoms with Gasteiger partial charge in [0.15, 0.2) is 5.17 Å². The Kier molecular flexibility index (Phi) is 6.72. The molecule has 0 aliphatic carbocycles. The van der Waals surface area contributed by atoms with Gasteiger partial charge in [-0.3, -0.25) is 0 Å². The zero-order valence-electron chi connectivity index (χ0n) is 12.7. The molecule has 0 radical (unpaired) electrons. The van der Waals surface area contributed by atoms with Crippen molar-refractivity contribution in [3.05, 3.63) is 64.7 Å². The second kappa shape index (κ2) is 8.77. The number of nitrogens with two attached hydrogens (primary N) is 1. The van der Waals surface area contributed by atoms with Gasteiger partial charge in [0.1, 0.15) is 5.75 Å². The Labute approximate surface area is 151 Å². The van der Waals surface area contributed by atoms with E-state index in [-0.39, 0.29) is 15.8 Å². The third-order valence-electron chi connectivity index (χ3n) is 2.81. The summed E-state index contributed by atoms with van der Waals surface area (Å²) in [5.74, 6) is 0.134. The highest BCUT2D eigenvalue weighted by Crippen LogP contribution is 2.29. The van der Waals surface area contributed by atoms with E-state index in [0.29, 0.717) is 5.75 Å². The zero-order chi connectivity index (χ0) is 18.3. The maximum atomic E-state index is 12.4. The van der Waals surface area contributed by atoms with E-state index in [2.05, 4.69) is 14.9 Å². The molecule has 0 heterocycles. The molecule has 25 heavy (non-hydrogen) atoms. The predicted molar refractivity (Wildman–Crippen MR) is 95.1 cm³/mol. The lowest BCUT2D eigenvalue weighted by Gasteiger charge is -2.11. The number of nitrogens with zero attached hydrogens (tertiary/aromatic N) is 2. The van der Waals surface area contributed by atoms with Crippen LogP contribution in [0.3, 0.4) is 0 Å². The van der Waals surface area contributed by atoms with Crippen LogP contribution >= 0.6 is 23.4 Å². The minimum Gasteiger partial charge on any atom is -0.405 e. The summed E-state index contributed by atoms with van der Waals surface area (Å²) in [5.41, 5.74) is 6.74. The molecule has 4 nitrogen and oxygen atoms in total. The number of ether oxygens (including phenoxy) is 1. The fourth-order valence-electron chi connectivity index (χ4n) is 1.76. The number of thioether (sulfide) groups is 1. The first-order valence-electron chi connectivity index (χ1n) is 6.92. The number of hydrogen-bond donors (Lipinski definition) is 1. The first kappa shape index (κ1) is 19.1. The van der Waals surface area contributed by atoms with E-state index in [4.69, 9.17) is 17.3 Å². The van der Waals surface area contributed by atoms with Crippen LogP contribution in [-0.4, -0.2) is 17.7 Å². The highest BCUT2D eigenvalue weighted by molar-refractivity contribution is 8.13. The van der Waals surface area contributed by atoms with E-state index in [0.717, 1.165) is 17.8 Å². The average molecular weight is 388 g/mol. The van der Waals surface area contributed by atoms with Crippen molar-refractivity contribution in [3.8, 4) is 5.75 Å². The normalized spacial score (nSPS) is 12.6. The van der Waals surface area contributed by atoms with Crippen LogP contribution in [0.5, 0.6) is 5.75 Å². The molecule has 0 aliphatic heterocycles. The van der Waals surface area contributed by atoms with Crippen molar-refractivity contribution in [2.24, 2.45) is 15.9 Å². The largest absolute Gasteiger partial charge is 0.573 e. The van der Waals surface area contributed by atoms with Crippen molar-refractivity contribution >= 4 is 34.7 Å². The van der Waals surface area contributed by atoms with Crippen LogP contribution in [0, 0.1) is 0 Å². The van der Waals surface area contributed by atoms with Crippen LogP contribution in [0.1, 0.15) is 11.1 Å². The summed E-state index contributed by atoms with van der Waals surface area (Å²) in [7, 11) is 0. The van der Waals surface area contributed by atoms with Crippen LogP contribution in [0.4, 0.5) is 13.2 Å². The third-order valence-corrected chi connectivity index (χ3v) is 4.00. The topological polar surface area (TPSA) is 60.0 Å². The van der Waals surface area contributed by atoms with E-state index >= 15 is 0 Å². The summed E-state index contributed by atoms with van der Waals surface area (Å²) in [6, 6.07) is 13.5. The fraction of sp³-hybridized carbons (Fsp3) is 0.125. The lowest BCUT2D eigenvalue weighted by Crippen LogP contribution is -2.18. The number of hydrogen-bond acceptors (Lipinski definition) is 4. The van der Waals surface area contributed by atoms with Crippen molar-refractivity contribution in [2.45, 2.75) is 12.1 Å². The minimum absolute atomic E-state index is 0.0360. The molecule has 0 fully saturated rings. The Morgan fingerprint density at radius 1 is 1.16 bits per heavy atom. The molecular formula is C16H13ClF3N3OS. The van der Waals surface area contributed by atoms with Crippen molar-refractivity contribution in [1.82, 2.24) is 0 Å². The molecule has 0 saturated carbocycles. The van der Waals surface area contributed by atoms with E-state index < -0.39 is 12.1 Å². The number of halogens is 4. The first-order chi connectivity index (χ1) is 11.8. The van der Waals surface area contributed by atoms with Crippen LogP contribution in [0.2, 0.25) is 5.02 Å². The standard InChI is InChI=1S/C16H13ClF3N3OS/c17-13-7-4-8-14(24-16(18,19)20)12(13)9-22-23-15(21)25-10-11-5-2-1-3-6-11/h1-9H,10H2,(H2,21,23). The highest BCUT2D eigenvalue weighted by Gasteiger charge is 2.32. The average Bonchev–Trinajstić information content (AvgIpc) is 2.55. The molecule has 2 rings (SSSR count). The van der Waals surface area contributed by atoms with Gasteiger partial charge in [-0.2, -0.15) is 5.10 Å². The molecule has 132 valence electrons. The van der Waals surface area contributed by atoms with Crippen molar-refractivity contribution in [3.63, 3.8) is 0 Å². The molecular weight excluding hydrogens is 375 g/mol. The maximum Gasteiger partial charge on any atom is 0.573 e. The SMILES string of the molecule is NC(=NN=Cc1c(Cl)cccc1OC(F)(F)F)SCc1ccccc1. The third kappa shape index (κ3) is 6.67. The summed E-state index contributed by atoms with van der Waals surface area (Å²) in [5, 5.41) is 7.66. The lowest BCUT2D eigenvalue weighted by atomic mass is 10.2. The van der Waals surface area contributed by atoms with Gasteiger partial charge in [0.2, 0.25) is 0 Å². The van der Waals surface area contributed by atoms with Crippen molar-refractivity contribution < 1.29 is 17.9 Å². The van der Waals surface area contributed by atoms with Gasteiger partial charge in [0.05, 0.1) is 16.8 Å². The molecule has 0 atom stereocenters. The summed E-state index contributed by atoms with van der Waals surface area (Å²) >= 11 is 7.14. The molecule has 0 aromatic heterocycles. The molecule has 2 aromatic rings. The zero-order valence-corrected chi connectivity index (χ0v) is 14.3. The van der Waals surface area contributed by atoms with Gasteiger partial charge in [-0.15, -0.1) is 18.3 Å². The van der Waals surface area contributed by atoms with Gasteiger partial charge in [-0.05, 0) is 17.7 Å². The monoisotopic (exact) mass is 387 g/mol. The Bertz CT molecular complexity index is 767. The Hall–Kier alpha value is -2.19. The van der Waals surface area contributed by atoms with Crippen LogP contribution in [0.15, 0.2) is 58.7 Å². The number of alkyl halides is 3. The molecule has 0 aliphatic rings. The Balaban J connectivity index is 2.05. The quantitative estimate of drug-likeness (QED) is 0.454. The number of rotatable bonds is 5. The highest BCUT2D eigenvalue weighted by atomic mass is 35.5. The van der Waals surface area contributed by atoms with Crippen LogP contribution < -0.4 is 10.5 Å². The minimum atomic E-state index is -4.83. The van der Waals surface area contributed by atoms with E-state index in [1.165, 1.54) is 23.9 Å². The Morgan fingerprint density at radius 3 is 2.56 bits per heavy atom. The van der Waals surface area contributed by atoms with Gasteiger partial charge >= 0.3 is 6.36 Å². The van der Waals surface area contributed by atoms with Gasteiger partial charge < -0.3 is 10.5 Å². The molecule has 0 spiro atoms. The first-order valence-corrected chi connectivity index (χ1v) is 8.29. The fourth-order valence-corrected chi connectivity index (χ4v) is 2.59. The summed E-state index contributed by atoms with van der Waals surface area (Å²) in [6.45, 7) is 0. The molecule has 0 amide bonds. The molecule has 9 heteroatoms. The smallest absolute Gasteiger partial charge is 0.405 e. The van der Waals surface area contributed by atoms with Gasteiger partial charge in [0, 0.05) is 5.75 Å². The van der Waals surface area contributed by atoms with Gasteiger partial charge in [-0.25, -0.2) is 0 Å². The second-order valence-electron chi connectivity index (χ2n) is 4.66. The van der Waals surface area contributed by atoms with Gasteiger partial charge in [0.25, 0.3) is 0 Å². The summed E-state index contributed by atoms with van der Waals surface area (Å²) in [4.78, 5) is 0. The van der Waals surface area contributed by atoms with Crippen LogP contribution in [0.25, 0.3) is 0 Å². The predicted octanol–water partition coefficient (Wildman–Crippen LogP) is 4.82. The van der Waals surface area contributed by atoms with Crippen molar-refractivity contribution in [1.29, 1.82) is 0 Å². The maximum absolute atomic E-state index is 12.4. The lowest BCUT2D eigenvalue weighted by molar-refractivity contribution is -0.274. The molecule has 2 N–H and O–H groups in total. The molecule has 0 bridgehead atoms. The number of amidine groups is 1. The van der Waals surface area contributed by atoms with E-state index in [9.17, 15) is 13.2 Å². The Morgan fingerprint density at radius 2 is 1.88 bits per heavy atom. The van der Waals surface area contributed by atoms with Gasteiger partial charge in [-0.1, -0.05) is 59.8 Å². The number of benzene rings is 2. The summed E-state index contributed by atoms with van der Waals surface area (Å²) < 4.78 is 41.1. The molecule has 0 saturated heterocycles. The summed E-state index contributed by atoms with van der Waals surface area (Å²) in [6.07, 6.45) is -3.76.